The predicted octanol–water partition coefficient (Wildman–Crippen LogP) is 6.57. The van der Waals surface area contributed by atoms with Crippen molar-refractivity contribution in [1.29, 1.82) is 0 Å². The molecule has 0 radical (unpaired) electrons. The molecule has 0 fully saturated rings. The molecule has 0 saturated heterocycles. The van der Waals surface area contributed by atoms with Gasteiger partial charge in [0.05, 0.1) is 13.7 Å². The zero-order chi connectivity index (χ0) is 29.2. The molecule has 7 nitrogen and oxygen atoms in total. The quantitative estimate of drug-likeness (QED) is 0.220. The number of hydrogen-bond acceptors (Lipinski definition) is 4. The lowest BCUT2D eigenvalue weighted by Crippen LogP contribution is -2.44. The molecule has 1 N–H and O–H groups in total. The average Bonchev–Trinajstić information content (AvgIpc) is 3.53. The second-order valence-corrected chi connectivity index (χ2v) is 10.6. The Morgan fingerprint density at radius 3 is 2.17 bits per heavy atom. The molecule has 1 aromatic heterocycles. The summed E-state index contributed by atoms with van der Waals surface area (Å²) >= 11 is 0. The SMILES string of the molecule is COc1ccccc1Cn1cc(C[C@@H](C(=O)O)N(C)C(=O)OCC2c3ccccc3-c3ccccc32)c2ccccc21. The predicted molar refractivity (Wildman–Crippen MR) is 162 cm³/mol. The first kappa shape index (κ1) is 27.1. The Bertz CT molecular complexity index is 1730. The number of aliphatic carboxylic acids is 1. The van der Waals surface area contributed by atoms with Gasteiger partial charge in [0.15, 0.2) is 0 Å². The number of carbonyl (C=O) groups is 2. The summed E-state index contributed by atoms with van der Waals surface area (Å²) in [6.45, 7) is 0.687. The van der Waals surface area contributed by atoms with Crippen LogP contribution in [0, 0.1) is 0 Å². The van der Waals surface area contributed by atoms with Crippen LogP contribution >= 0.6 is 0 Å². The molecule has 0 bridgehead atoms. The maximum atomic E-state index is 13.3. The molecule has 1 aliphatic rings. The molecule has 4 aromatic carbocycles. The molecule has 5 aromatic rings. The Morgan fingerprint density at radius 1 is 0.857 bits per heavy atom. The zero-order valence-electron chi connectivity index (χ0n) is 23.6. The van der Waals surface area contributed by atoms with Gasteiger partial charge in [-0.15, -0.1) is 0 Å². The molecule has 1 aliphatic carbocycles. The third-order valence-electron chi connectivity index (χ3n) is 8.19. The van der Waals surface area contributed by atoms with Crippen molar-refractivity contribution in [2.24, 2.45) is 0 Å². The lowest BCUT2D eigenvalue weighted by atomic mass is 9.98. The summed E-state index contributed by atoms with van der Waals surface area (Å²) in [4.78, 5) is 26.9. The second-order valence-electron chi connectivity index (χ2n) is 10.6. The monoisotopic (exact) mass is 560 g/mol. The molecular weight excluding hydrogens is 528 g/mol. The Balaban J connectivity index is 1.21. The van der Waals surface area contributed by atoms with E-state index in [4.69, 9.17) is 9.47 Å². The van der Waals surface area contributed by atoms with E-state index in [1.807, 2.05) is 79.0 Å². The molecule has 7 heteroatoms. The summed E-state index contributed by atoms with van der Waals surface area (Å²) in [5.74, 6) is -0.409. The van der Waals surface area contributed by atoms with E-state index in [-0.39, 0.29) is 18.9 Å². The Kier molecular flexibility index (Phi) is 7.40. The number of aromatic nitrogens is 1. The maximum Gasteiger partial charge on any atom is 0.410 e. The molecular formula is C35H32N2O5. The minimum absolute atomic E-state index is 0.106. The van der Waals surface area contributed by atoms with E-state index in [0.29, 0.717) is 6.54 Å². The highest BCUT2D eigenvalue weighted by molar-refractivity contribution is 5.86. The van der Waals surface area contributed by atoms with Crippen LogP contribution in [0.1, 0.15) is 28.2 Å². The Hall–Kier alpha value is -5.04. The van der Waals surface area contributed by atoms with Gasteiger partial charge in [0.1, 0.15) is 18.4 Å². The summed E-state index contributed by atoms with van der Waals surface area (Å²) in [5.41, 5.74) is 7.31. The number of carboxylic acid groups (broad SMARTS) is 1. The Morgan fingerprint density at radius 2 is 1.48 bits per heavy atom. The molecule has 42 heavy (non-hydrogen) atoms. The number of amides is 1. The highest BCUT2D eigenvalue weighted by atomic mass is 16.6. The van der Waals surface area contributed by atoms with Gasteiger partial charge in [0.2, 0.25) is 0 Å². The van der Waals surface area contributed by atoms with Crippen molar-refractivity contribution in [3.8, 4) is 16.9 Å². The van der Waals surface area contributed by atoms with E-state index in [1.54, 1.807) is 7.11 Å². The molecule has 0 spiro atoms. The molecule has 1 amide bonds. The first-order chi connectivity index (χ1) is 20.5. The summed E-state index contributed by atoms with van der Waals surface area (Å²) in [5, 5.41) is 11.1. The molecule has 0 aliphatic heterocycles. The van der Waals surface area contributed by atoms with Gasteiger partial charge in [-0.05, 0) is 39.9 Å². The fourth-order valence-electron chi connectivity index (χ4n) is 6.05. The first-order valence-electron chi connectivity index (χ1n) is 14.0. The van der Waals surface area contributed by atoms with Crippen molar-refractivity contribution >= 4 is 23.0 Å². The van der Waals surface area contributed by atoms with Crippen molar-refractivity contribution < 1.29 is 24.2 Å². The number of benzene rings is 4. The summed E-state index contributed by atoms with van der Waals surface area (Å²) in [7, 11) is 3.14. The van der Waals surface area contributed by atoms with Crippen LogP contribution in [0.5, 0.6) is 5.75 Å². The molecule has 212 valence electrons. The topological polar surface area (TPSA) is 81.0 Å². The minimum atomic E-state index is -1.11. The van der Waals surface area contributed by atoms with Gasteiger partial charge >= 0.3 is 12.1 Å². The van der Waals surface area contributed by atoms with Gasteiger partial charge in [-0.25, -0.2) is 9.59 Å². The van der Waals surface area contributed by atoms with Crippen molar-refractivity contribution in [2.45, 2.75) is 24.9 Å². The number of likely N-dealkylation sites (N-methyl/N-ethyl adjacent to an activating group) is 1. The van der Waals surface area contributed by atoms with Gasteiger partial charge in [0, 0.05) is 42.0 Å². The number of ether oxygens (including phenoxy) is 2. The van der Waals surface area contributed by atoms with Gasteiger partial charge in [0.25, 0.3) is 0 Å². The van der Waals surface area contributed by atoms with Gasteiger partial charge in [-0.1, -0.05) is 84.9 Å². The molecule has 0 unspecified atom stereocenters. The number of fused-ring (bicyclic) bond motifs is 4. The zero-order valence-corrected chi connectivity index (χ0v) is 23.6. The molecule has 1 atom stereocenters. The van der Waals surface area contributed by atoms with E-state index in [0.717, 1.165) is 50.0 Å². The van der Waals surface area contributed by atoms with E-state index in [1.165, 1.54) is 11.9 Å². The van der Waals surface area contributed by atoms with Crippen LogP contribution in [0.3, 0.4) is 0 Å². The summed E-state index contributed by atoms with van der Waals surface area (Å²) in [6.07, 6.45) is 1.44. The number of nitrogens with zero attached hydrogens (tertiary/aromatic N) is 2. The van der Waals surface area contributed by atoms with Crippen LogP contribution in [0.2, 0.25) is 0 Å². The van der Waals surface area contributed by atoms with E-state index in [9.17, 15) is 14.7 Å². The number of carboxylic acids is 1. The molecule has 1 heterocycles. The van der Waals surface area contributed by atoms with Gasteiger partial charge in [-0.2, -0.15) is 0 Å². The van der Waals surface area contributed by atoms with Crippen LogP contribution in [0.4, 0.5) is 4.79 Å². The number of methoxy groups -OCH3 is 1. The van der Waals surface area contributed by atoms with E-state index >= 15 is 0 Å². The number of para-hydroxylation sites is 2. The highest BCUT2D eigenvalue weighted by Crippen LogP contribution is 2.44. The lowest BCUT2D eigenvalue weighted by molar-refractivity contribution is -0.142. The number of rotatable bonds is 9. The van der Waals surface area contributed by atoms with Crippen molar-refractivity contribution in [2.75, 3.05) is 20.8 Å². The molecule has 0 saturated carbocycles. The van der Waals surface area contributed by atoms with Crippen molar-refractivity contribution in [3.63, 3.8) is 0 Å². The second kappa shape index (κ2) is 11.4. The fraction of sp³-hybridized carbons (Fsp3) is 0.200. The van der Waals surface area contributed by atoms with E-state index < -0.39 is 18.1 Å². The smallest absolute Gasteiger partial charge is 0.410 e. The summed E-state index contributed by atoms with van der Waals surface area (Å²) in [6, 6.07) is 30.8. The average molecular weight is 561 g/mol. The van der Waals surface area contributed by atoms with Gasteiger partial charge in [-0.3, -0.25) is 4.90 Å². The fourth-order valence-corrected chi connectivity index (χ4v) is 6.05. The molecule has 6 rings (SSSR count). The third-order valence-corrected chi connectivity index (χ3v) is 8.19. The standard InChI is InChI=1S/C35H32N2O5/c1-36(35(40)42-22-30-28-15-6-4-13-26(28)27-14-5-7-16-29(27)30)32(34(38)39)19-24-21-37(31-17-9-8-12-25(24)31)20-23-11-3-10-18-33(23)41-2/h3-18,21,30,32H,19-20,22H2,1-2H3,(H,38,39)/t32-/m0/s1. The largest absolute Gasteiger partial charge is 0.496 e. The maximum absolute atomic E-state index is 13.3. The Labute approximate surface area is 244 Å². The van der Waals surface area contributed by atoms with Crippen LogP contribution < -0.4 is 4.74 Å². The van der Waals surface area contributed by atoms with Crippen molar-refractivity contribution in [3.05, 3.63) is 126 Å². The van der Waals surface area contributed by atoms with E-state index in [2.05, 4.69) is 28.8 Å². The van der Waals surface area contributed by atoms with Crippen LogP contribution in [0.25, 0.3) is 22.0 Å². The highest BCUT2D eigenvalue weighted by Gasteiger charge is 2.32. The van der Waals surface area contributed by atoms with Gasteiger partial charge < -0.3 is 19.1 Å². The van der Waals surface area contributed by atoms with Crippen LogP contribution in [-0.2, 0) is 22.5 Å². The van der Waals surface area contributed by atoms with Crippen LogP contribution in [0.15, 0.2) is 103 Å². The third kappa shape index (κ3) is 4.98. The number of hydrogen-bond donors (Lipinski definition) is 1. The normalized spacial score (nSPS) is 12.9. The minimum Gasteiger partial charge on any atom is -0.496 e. The van der Waals surface area contributed by atoms with Crippen LogP contribution in [-0.4, -0.2) is 53.4 Å². The summed E-state index contributed by atoms with van der Waals surface area (Å²) < 4.78 is 13.4. The first-order valence-corrected chi connectivity index (χ1v) is 14.0. The van der Waals surface area contributed by atoms with Crippen molar-refractivity contribution in [1.82, 2.24) is 9.47 Å². The lowest BCUT2D eigenvalue weighted by Gasteiger charge is -2.25. The number of carbonyl (C=O) groups excluding carboxylic acids is 1.